The van der Waals surface area contributed by atoms with Gasteiger partial charge >= 0.3 is 0 Å². The Labute approximate surface area is 88.3 Å². The van der Waals surface area contributed by atoms with Crippen LogP contribution < -0.4 is 10.6 Å². The van der Waals surface area contributed by atoms with Crippen molar-refractivity contribution >= 4 is 11.7 Å². The van der Waals surface area contributed by atoms with Crippen LogP contribution in [0, 0.1) is 0 Å². The number of carbonyl (C=O) groups excluding carboxylic acids is 1. The molecule has 5 heteroatoms. The largest absolute Gasteiger partial charge is 0.313 e. The predicted molar refractivity (Wildman–Crippen MR) is 56.3 cm³/mol. The van der Waals surface area contributed by atoms with Crippen molar-refractivity contribution < 1.29 is 4.79 Å². The summed E-state index contributed by atoms with van der Waals surface area (Å²) < 4.78 is 0. The summed E-state index contributed by atoms with van der Waals surface area (Å²) in [6.45, 7) is 0.733. The molecule has 0 aromatic carbocycles. The van der Waals surface area contributed by atoms with Crippen molar-refractivity contribution in [2.24, 2.45) is 0 Å². The predicted octanol–water partition coefficient (Wildman–Crippen LogP) is 0.557. The van der Waals surface area contributed by atoms with Crippen molar-refractivity contribution in [1.82, 2.24) is 15.5 Å². The number of aromatic nitrogens is 2. The zero-order valence-corrected chi connectivity index (χ0v) is 8.44. The highest BCUT2D eigenvalue weighted by Gasteiger charge is 2.20. The molecule has 0 saturated heterocycles. The molecule has 1 aliphatic rings. The average Bonchev–Trinajstić information content (AvgIpc) is 3.03. The third kappa shape index (κ3) is 3.63. The van der Waals surface area contributed by atoms with Crippen molar-refractivity contribution in [3.63, 3.8) is 0 Å². The molecule has 0 atom stereocenters. The standard InChI is InChI=1S/C10H14N4O/c15-10(5-7-11-8-3-4-8)13-9-2-1-6-12-14-9/h1-2,6,8,11H,3-5,7H2,(H,13,14,15). The van der Waals surface area contributed by atoms with Gasteiger partial charge in [0, 0.05) is 25.2 Å². The molecule has 1 aromatic heterocycles. The lowest BCUT2D eigenvalue weighted by Gasteiger charge is -2.03. The molecule has 1 amide bonds. The quantitative estimate of drug-likeness (QED) is 0.738. The molecule has 0 radical (unpaired) electrons. The minimum atomic E-state index is -0.0244. The van der Waals surface area contributed by atoms with Gasteiger partial charge in [0.15, 0.2) is 5.82 Å². The van der Waals surface area contributed by atoms with Crippen molar-refractivity contribution in [2.45, 2.75) is 25.3 Å². The van der Waals surface area contributed by atoms with E-state index < -0.39 is 0 Å². The van der Waals surface area contributed by atoms with Gasteiger partial charge in [-0.15, -0.1) is 5.10 Å². The molecule has 2 N–H and O–H groups in total. The number of amides is 1. The molecular weight excluding hydrogens is 192 g/mol. The van der Waals surface area contributed by atoms with Gasteiger partial charge in [-0.25, -0.2) is 0 Å². The molecule has 0 unspecified atom stereocenters. The third-order valence-electron chi connectivity index (χ3n) is 2.20. The van der Waals surface area contributed by atoms with Gasteiger partial charge in [-0.05, 0) is 25.0 Å². The number of carbonyl (C=O) groups is 1. The van der Waals surface area contributed by atoms with Gasteiger partial charge in [-0.3, -0.25) is 4.79 Å². The molecule has 1 fully saturated rings. The lowest BCUT2D eigenvalue weighted by molar-refractivity contribution is -0.116. The maximum atomic E-state index is 11.4. The number of rotatable bonds is 5. The van der Waals surface area contributed by atoms with E-state index in [1.165, 1.54) is 12.8 Å². The Kier molecular flexibility index (Phi) is 3.24. The molecule has 1 heterocycles. The molecule has 0 bridgehead atoms. The van der Waals surface area contributed by atoms with Crippen LogP contribution in [0.3, 0.4) is 0 Å². The van der Waals surface area contributed by atoms with E-state index in [-0.39, 0.29) is 5.91 Å². The summed E-state index contributed by atoms with van der Waals surface area (Å²) in [6, 6.07) is 4.11. The first-order valence-corrected chi connectivity index (χ1v) is 5.15. The Hall–Kier alpha value is -1.49. The first-order valence-electron chi connectivity index (χ1n) is 5.15. The number of nitrogens with one attached hydrogen (secondary N) is 2. The van der Waals surface area contributed by atoms with Gasteiger partial charge in [-0.2, -0.15) is 5.10 Å². The fourth-order valence-corrected chi connectivity index (χ4v) is 1.25. The zero-order chi connectivity index (χ0) is 10.5. The van der Waals surface area contributed by atoms with E-state index in [9.17, 15) is 4.79 Å². The van der Waals surface area contributed by atoms with E-state index in [4.69, 9.17) is 0 Å². The first-order chi connectivity index (χ1) is 7.34. The highest BCUT2D eigenvalue weighted by molar-refractivity contribution is 5.89. The van der Waals surface area contributed by atoms with E-state index in [2.05, 4.69) is 20.8 Å². The van der Waals surface area contributed by atoms with Gasteiger partial charge in [0.2, 0.25) is 5.91 Å². The second-order valence-corrected chi connectivity index (χ2v) is 3.64. The summed E-state index contributed by atoms with van der Waals surface area (Å²) >= 11 is 0. The zero-order valence-electron chi connectivity index (χ0n) is 8.44. The number of nitrogens with zero attached hydrogens (tertiary/aromatic N) is 2. The van der Waals surface area contributed by atoms with E-state index in [1.54, 1.807) is 18.3 Å². The Balaban J connectivity index is 1.67. The van der Waals surface area contributed by atoms with Gasteiger partial charge in [-0.1, -0.05) is 0 Å². The second-order valence-electron chi connectivity index (χ2n) is 3.64. The van der Waals surface area contributed by atoms with E-state index in [1.807, 2.05) is 0 Å². The molecule has 5 nitrogen and oxygen atoms in total. The summed E-state index contributed by atoms with van der Waals surface area (Å²) in [5.74, 6) is 0.484. The van der Waals surface area contributed by atoms with Crippen LogP contribution in [0.2, 0.25) is 0 Å². The molecule has 0 aliphatic heterocycles. The van der Waals surface area contributed by atoms with Crippen molar-refractivity contribution in [3.8, 4) is 0 Å². The number of hydrogen-bond acceptors (Lipinski definition) is 4. The number of hydrogen-bond donors (Lipinski definition) is 2. The first kappa shape index (κ1) is 10.0. The van der Waals surface area contributed by atoms with Crippen molar-refractivity contribution in [3.05, 3.63) is 18.3 Å². The molecule has 15 heavy (non-hydrogen) atoms. The van der Waals surface area contributed by atoms with Crippen LogP contribution in [-0.4, -0.2) is 28.7 Å². The van der Waals surface area contributed by atoms with Crippen LogP contribution in [0.25, 0.3) is 0 Å². The van der Waals surface area contributed by atoms with E-state index in [0.717, 1.165) is 6.54 Å². The van der Waals surface area contributed by atoms with E-state index in [0.29, 0.717) is 18.3 Å². The van der Waals surface area contributed by atoms with Crippen molar-refractivity contribution in [1.29, 1.82) is 0 Å². The van der Waals surface area contributed by atoms with Gasteiger partial charge in [0.05, 0.1) is 0 Å². The Morgan fingerprint density at radius 2 is 2.40 bits per heavy atom. The van der Waals surface area contributed by atoms with Gasteiger partial charge in [0.1, 0.15) is 0 Å². The molecule has 1 aromatic rings. The molecule has 0 spiro atoms. The minimum absolute atomic E-state index is 0.0244. The Morgan fingerprint density at radius 1 is 1.53 bits per heavy atom. The fraction of sp³-hybridized carbons (Fsp3) is 0.500. The summed E-state index contributed by atoms with van der Waals surface area (Å²) in [6.07, 6.45) is 4.54. The molecule has 80 valence electrons. The number of anilines is 1. The highest BCUT2D eigenvalue weighted by atomic mass is 16.1. The summed E-state index contributed by atoms with van der Waals surface area (Å²) in [5.41, 5.74) is 0. The highest BCUT2D eigenvalue weighted by Crippen LogP contribution is 2.18. The Morgan fingerprint density at radius 3 is 3.07 bits per heavy atom. The maximum absolute atomic E-state index is 11.4. The Bertz CT molecular complexity index is 323. The topological polar surface area (TPSA) is 66.9 Å². The van der Waals surface area contributed by atoms with Crippen molar-refractivity contribution in [2.75, 3.05) is 11.9 Å². The monoisotopic (exact) mass is 206 g/mol. The average molecular weight is 206 g/mol. The molecule has 1 aliphatic carbocycles. The SMILES string of the molecule is O=C(CCNC1CC1)Nc1cccnn1. The summed E-state index contributed by atoms with van der Waals surface area (Å²) in [5, 5.41) is 13.4. The normalized spacial score (nSPS) is 14.9. The fourth-order valence-electron chi connectivity index (χ4n) is 1.25. The lowest BCUT2D eigenvalue weighted by Crippen LogP contribution is -2.23. The minimum Gasteiger partial charge on any atom is -0.313 e. The smallest absolute Gasteiger partial charge is 0.226 e. The molecule has 2 rings (SSSR count). The van der Waals surface area contributed by atoms with Crippen LogP contribution in [0.5, 0.6) is 0 Å². The summed E-state index contributed by atoms with van der Waals surface area (Å²) in [4.78, 5) is 11.4. The second kappa shape index (κ2) is 4.84. The molecule has 1 saturated carbocycles. The molecular formula is C10H14N4O. The van der Waals surface area contributed by atoms with Crippen LogP contribution in [0.1, 0.15) is 19.3 Å². The van der Waals surface area contributed by atoms with Crippen LogP contribution >= 0.6 is 0 Å². The maximum Gasteiger partial charge on any atom is 0.226 e. The van der Waals surface area contributed by atoms with E-state index >= 15 is 0 Å². The van der Waals surface area contributed by atoms with Crippen LogP contribution in [-0.2, 0) is 4.79 Å². The third-order valence-corrected chi connectivity index (χ3v) is 2.20. The van der Waals surface area contributed by atoms with Gasteiger partial charge < -0.3 is 10.6 Å². The van der Waals surface area contributed by atoms with Gasteiger partial charge in [0.25, 0.3) is 0 Å². The summed E-state index contributed by atoms with van der Waals surface area (Å²) in [7, 11) is 0. The van der Waals surface area contributed by atoms with Crippen LogP contribution in [0.15, 0.2) is 18.3 Å². The van der Waals surface area contributed by atoms with Crippen LogP contribution in [0.4, 0.5) is 5.82 Å². The lowest BCUT2D eigenvalue weighted by atomic mass is 10.4.